The minimum atomic E-state index is 0.154. The van der Waals surface area contributed by atoms with Gasteiger partial charge in [0.15, 0.2) is 0 Å². The number of thiazole rings is 1. The van der Waals surface area contributed by atoms with Crippen molar-refractivity contribution in [3.63, 3.8) is 0 Å². The van der Waals surface area contributed by atoms with Crippen LogP contribution >= 0.6 is 11.3 Å². The molecular formula is C13H20N2O2S. The zero-order valence-corrected chi connectivity index (χ0v) is 11.4. The van der Waals surface area contributed by atoms with Crippen LogP contribution in [0, 0.1) is 0 Å². The minimum Gasteiger partial charge on any atom is -0.391 e. The van der Waals surface area contributed by atoms with Crippen LogP contribution in [-0.4, -0.2) is 47.8 Å². The van der Waals surface area contributed by atoms with Crippen LogP contribution in [0.25, 0.3) is 0 Å². The Kier molecular flexibility index (Phi) is 3.94. The van der Waals surface area contributed by atoms with E-state index in [4.69, 9.17) is 9.72 Å². The molecule has 0 amide bonds. The molecule has 0 bridgehead atoms. The minimum absolute atomic E-state index is 0.154. The van der Waals surface area contributed by atoms with Gasteiger partial charge in [0.1, 0.15) is 0 Å². The van der Waals surface area contributed by atoms with Gasteiger partial charge in [-0.05, 0) is 12.8 Å². The summed E-state index contributed by atoms with van der Waals surface area (Å²) in [6.07, 6.45) is 3.50. The molecule has 0 atom stereocenters. The molecule has 3 rings (SSSR count). The lowest BCUT2D eigenvalue weighted by Gasteiger charge is -2.25. The van der Waals surface area contributed by atoms with Gasteiger partial charge >= 0.3 is 0 Å². The number of hydrogen-bond donors (Lipinski definition) is 1. The van der Waals surface area contributed by atoms with E-state index >= 15 is 0 Å². The predicted octanol–water partition coefficient (Wildman–Crippen LogP) is 1.39. The highest BCUT2D eigenvalue weighted by molar-refractivity contribution is 7.11. The first-order chi connectivity index (χ1) is 8.86. The van der Waals surface area contributed by atoms with Gasteiger partial charge in [0.05, 0.1) is 35.4 Å². The zero-order valence-electron chi connectivity index (χ0n) is 10.6. The topological polar surface area (TPSA) is 45.6 Å². The maximum atomic E-state index is 9.37. The predicted molar refractivity (Wildman–Crippen MR) is 71.0 cm³/mol. The smallest absolute Gasteiger partial charge is 0.0944 e. The summed E-state index contributed by atoms with van der Waals surface area (Å²) in [6.45, 7) is 4.99. The average Bonchev–Trinajstić information content (AvgIpc) is 3.18. The molecule has 5 heteroatoms. The summed E-state index contributed by atoms with van der Waals surface area (Å²) in [7, 11) is 0. The van der Waals surface area contributed by atoms with Gasteiger partial charge in [-0.3, -0.25) is 4.90 Å². The summed E-state index contributed by atoms with van der Waals surface area (Å²) in [4.78, 5) is 8.25. The third kappa shape index (κ3) is 2.91. The number of morpholine rings is 1. The first kappa shape index (κ1) is 12.5. The summed E-state index contributed by atoms with van der Waals surface area (Å²) >= 11 is 1.70. The molecule has 1 aromatic heterocycles. The lowest BCUT2D eigenvalue weighted by Crippen LogP contribution is -2.37. The molecule has 1 saturated heterocycles. The average molecular weight is 268 g/mol. The van der Waals surface area contributed by atoms with Crippen LogP contribution < -0.4 is 0 Å². The molecule has 4 nitrogen and oxygen atoms in total. The summed E-state index contributed by atoms with van der Waals surface area (Å²) in [5.74, 6) is 0.639. The van der Waals surface area contributed by atoms with Gasteiger partial charge in [0, 0.05) is 32.0 Å². The summed E-state index contributed by atoms with van der Waals surface area (Å²) < 4.78 is 5.34. The Morgan fingerprint density at radius 1 is 1.33 bits per heavy atom. The van der Waals surface area contributed by atoms with Gasteiger partial charge < -0.3 is 9.84 Å². The standard InChI is InChI=1S/C13H20N2O2S/c16-9-11-13(10-1-2-10)14-12(18-11)3-4-15-5-7-17-8-6-15/h10,16H,1-9H2. The van der Waals surface area contributed by atoms with Gasteiger partial charge in [0.25, 0.3) is 0 Å². The first-order valence-corrected chi connectivity index (χ1v) is 7.58. The normalized spacial score (nSPS) is 21.4. The molecule has 2 fully saturated rings. The van der Waals surface area contributed by atoms with E-state index in [-0.39, 0.29) is 6.61 Å². The Morgan fingerprint density at radius 2 is 2.11 bits per heavy atom. The highest BCUT2D eigenvalue weighted by atomic mass is 32.1. The van der Waals surface area contributed by atoms with E-state index in [1.807, 2.05) is 0 Å². The third-order valence-corrected chi connectivity index (χ3v) is 4.74. The van der Waals surface area contributed by atoms with Crippen molar-refractivity contribution >= 4 is 11.3 Å². The molecule has 1 saturated carbocycles. The highest BCUT2D eigenvalue weighted by Crippen LogP contribution is 2.42. The van der Waals surface area contributed by atoms with Crippen LogP contribution in [0.1, 0.15) is 34.3 Å². The molecule has 0 aromatic carbocycles. The highest BCUT2D eigenvalue weighted by Gasteiger charge is 2.29. The van der Waals surface area contributed by atoms with E-state index in [9.17, 15) is 5.11 Å². The quantitative estimate of drug-likeness (QED) is 0.876. The second kappa shape index (κ2) is 5.65. The Hall–Kier alpha value is -0.490. The van der Waals surface area contributed by atoms with Crippen molar-refractivity contribution in [3.8, 4) is 0 Å². The van der Waals surface area contributed by atoms with Gasteiger partial charge in [-0.15, -0.1) is 11.3 Å². The maximum absolute atomic E-state index is 9.37. The number of nitrogens with zero attached hydrogens (tertiary/aromatic N) is 2. The number of aliphatic hydroxyl groups is 1. The van der Waals surface area contributed by atoms with E-state index < -0.39 is 0 Å². The maximum Gasteiger partial charge on any atom is 0.0944 e. The largest absolute Gasteiger partial charge is 0.391 e. The Morgan fingerprint density at radius 3 is 2.78 bits per heavy atom. The number of aromatic nitrogens is 1. The van der Waals surface area contributed by atoms with E-state index in [0.717, 1.165) is 44.1 Å². The monoisotopic (exact) mass is 268 g/mol. The van der Waals surface area contributed by atoms with Crippen molar-refractivity contribution in [2.24, 2.45) is 0 Å². The SMILES string of the molecule is OCc1sc(CCN2CCOCC2)nc1C1CC1. The lowest BCUT2D eigenvalue weighted by atomic mass is 10.2. The molecule has 1 aliphatic heterocycles. The fraction of sp³-hybridized carbons (Fsp3) is 0.769. The van der Waals surface area contributed by atoms with E-state index in [1.54, 1.807) is 11.3 Å². The van der Waals surface area contributed by atoms with Crippen LogP contribution in [-0.2, 0) is 17.8 Å². The number of rotatable bonds is 5. The molecule has 0 unspecified atom stereocenters. The van der Waals surface area contributed by atoms with Crippen molar-refractivity contribution in [2.75, 3.05) is 32.8 Å². The molecule has 0 spiro atoms. The Balaban J connectivity index is 1.58. The second-order valence-electron chi connectivity index (χ2n) is 5.05. The summed E-state index contributed by atoms with van der Waals surface area (Å²) in [5, 5.41) is 10.6. The van der Waals surface area contributed by atoms with Crippen molar-refractivity contribution in [1.29, 1.82) is 0 Å². The van der Waals surface area contributed by atoms with Crippen LogP contribution in [0.2, 0.25) is 0 Å². The van der Waals surface area contributed by atoms with E-state index in [0.29, 0.717) is 5.92 Å². The molecule has 1 aliphatic carbocycles. The second-order valence-corrected chi connectivity index (χ2v) is 6.22. The summed E-state index contributed by atoms with van der Waals surface area (Å²) in [5.41, 5.74) is 1.18. The molecule has 2 aliphatic rings. The summed E-state index contributed by atoms with van der Waals surface area (Å²) in [6, 6.07) is 0. The van der Waals surface area contributed by atoms with Crippen molar-refractivity contribution in [1.82, 2.24) is 9.88 Å². The first-order valence-electron chi connectivity index (χ1n) is 6.76. The van der Waals surface area contributed by atoms with Crippen LogP contribution in [0.15, 0.2) is 0 Å². The van der Waals surface area contributed by atoms with Crippen LogP contribution in [0.5, 0.6) is 0 Å². The van der Waals surface area contributed by atoms with Crippen molar-refractivity contribution in [3.05, 3.63) is 15.6 Å². The Bertz CT molecular complexity index is 398. The van der Waals surface area contributed by atoms with Crippen LogP contribution in [0.3, 0.4) is 0 Å². The molecular weight excluding hydrogens is 248 g/mol. The molecule has 0 radical (unpaired) electrons. The fourth-order valence-electron chi connectivity index (χ4n) is 2.39. The number of aliphatic hydroxyl groups excluding tert-OH is 1. The third-order valence-electron chi connectivity index (χ3n) is 3.63. The molecule has 2 heterocycles. The van der Waals surface area contributed by atoms with E-state index in [1.165, 1.54) is 23.5 Å². The Labute approximate surface area is 112 Å². The molecule has 18 heavy (non-hydrogen) atoms. The van der Waals surface area contributed by atoms with Gasteiger partial charge in [-0.1, -0.05) is 0 Å². The fourth-order valence-corrected chi connectivity index (χ4v) is 3.39. The van der Waals surface area contributed by atoms with Crippen LogP contribution in [0.4, 0.5) is 0 Å². The van der Waals surface area contributed by atoms with Gasteiger partial charge in [-0.2, -0.15) is 0 Å². The number of hydrogen-bond acceptors (Lipinski definition) is 5. The van der Waals surface area contributed by atoms with Gasteiger partial charge in [0.2, 0.25) is 0 Å². The van der Waals surface area contributed by atoms with Gasteiger partial charge in [-0.25, -0.2) is 4.98 Å². The molecule has 1 N–H and O–H groups in total. The van der Waals surface area contributed by atoms with Crippen molar-refractivity contribution in [2.45, 2.75) is 31.8 Å². The molecule has 100 valence electrons. The van der Waals surface area contributed by atoms with E-state index in [2.05, 4.69) is 4.90 Å². The van der Waals surface area contributed by atoms with Crippen molar-refractivity contribution < 1.29 is 9.84 Å². The lowest BCUT2D eigenvalue weighted by molar-refractivity contribution is 0.0384. The molecule has 1 aromatic rings. The number of ether oxygens (including phenoxy) is 1. The zero-order chi connectivity index (χ0) is 12.4.